The van der Waals surface area contributed by atoms with Gasteiger partial charge < -0.3 is 15.5 Å². The highest BCUT2D eigenvalue weighted by Gasteiger charge is 2.34. The second-order valence-electron chi connectivity index (χ2n) is 8.09. The average Bonchev–Trinajstić information content (AvgIpc) is 3.29. The Bertz CT molecular complexity index is 852. The summed E-state index contributed by atoms with van der Waals surface area (Å²) in [5, 5.41) is 10.6. The highest BCUT2D eigenvalue weighted by Crippen LogP contribution is 2.29. The number of nitrogens with one attached hydrogen (secondary N) is 2. The number of carbonyl (C=O) groups excluding carboxylic acids is 2. The van der Waals surface area contributed by atoms with Crippen molar-refractivity contribution in [3.05, 3.63) is 47.8 Å². The van der Waals surface area contributed by atoms with Crippen LogP contribution in [0.15, 0.2) is 36.7 Å². The molecule has 4 rings (SSSR count). The topological polar surface area (TPSA) is 79.3 Å². The number of aromatic nitrogens is 2. The largest absolute Gasteiger partial charge is 0.339 e. The molecule has 2 aliphatic rings. The van der Waals surface area contributed by atoms with E-state index in [-0.39, 0.29) is 23.7 Å². The third kappa shape index (κ3) is 4.50. The first kappa shape index (κ1) is 19.6. The minimum atomic E-state index is -0.141. The summed E-state index contributed by atoms with van der Waals surface area (Å²) in [6.45, 7) is 3.09. The molecule has 29 heavy (non-hydrogen) atoms. The molecule has 0 unspecified atom stereocenters. The predicted octanol–water partition coefficient (Wildman–Crippen LogP) is 2.38. The van der Waals surface area contributed by atoms with Crippen molar-refractivity contribution in [1.29, 1.82) is 0 Å². The molecule has 3 heterocycles. The quantitative estimate of drug-likeness (QED) is 0.833. The lowest BCUT2D eigenvalue weighted by atomic mass is 9.90. The van der Waals surface area contributed by atoms with Gasteiger partial charge in [-0.25, -0.2) is 0 Å². The molecule has 2 saturated heterocycles. The lowest BCUT2D eigenvalue weighted by Gasteiger charge is -2.20. The zero-order chi connectivity index (χ0) is 20.2. The molecule has 2 N–H and O–H groups in total. The number of likely N-dealkylation sites (tertiary alicyclic amines) is 1. The van der Waals surface area contributed by atoms with Gasteiger partial charge in [-0.05, 0) is 42.7 Å². The van der Waals surface area contributed by atoms with Gasteiger partial charge in [0, 0.05) is 56.6 Å². The predicted molar refractivity (Wildman–Crippen MR) is 112 cm³/mol. The Labute approximate surface area is 171 Å². The van der Waals surface area contributed by atoms with Crippen LogP contribution >= 0.6 is 0 Å². The summed E-state index contributed by atoms with van der Waals surface area (Å²) >= 11 is 0. The van der Waals surface area contributed by atoms with Gasteiger partial charge in [-0.2, -0.15) is 5.10 Å². The summed E-state index contributed by atoms with van der Waals surface area (Å²) in [4.78, 5) is 27.5. The third-order valence-corrected chi connectivity index (χ3v) is 6.00. The van der Waals surface area contributed by atoms with Gasteiger partial charge in [0.2, 0.25) is 5.91 Å². The fraction of sp³-hybridized carbons (Fsp3) is 0.500. The number of aryl methyl sites for hydroxylation is 1. The van der Waals surface area contributed by atoms with E-state index >= 15 is 0 Å². The highest BCUT2D eigenvalue weighted by molar-refractivity contribution is 5.96. The lowest BCUT2D eigenvalue weighted by molar-refractivity contribution is -0.119. The first-order chi connectivity index (χ1) is 14.1. The first-order valence-electron chi connectivity index (χ1n) is 10.5. The van der Waals surface area contributed by atoms with E-state index in [0.717, 1.165) is 43.7 Å². The van der Waals surface area contributed by atoms with Gasteiger partial charge >= 0.3 is 0 Å². The Balaban J connectivity index is 1.39. The van der Waals surface area contributed by atoms with Crippen LogP contribution < -0.4 is 10.6 Å². The van der Waals surface area contributed by atoms with Crippen LogP contribution in [-0.4, -0.2) is 52.7 Å². The van der Waals surface area contributed by atoms with Gasteiger partial charge in [-0.3, -0.25) is 14.3 Å². The molecular formula is C22H29N5O2. The Hall–Kier alpha value is -2.67. The van der Waals surface area contributed by atoms with Crippen molar-refractivity contribution in [2.75, 3.05) is 31.5 Å². The molecule has 154 valence electrons. The normalized spacial score (nSPS) is 22.3. The molecule has 7 heteroatoms. The second-order valence-corrected chi connectivity index (χ2v) is 8.09. The molecule has 2 amide bonds. The smallest absolute Gasteiger partial charge is 0.253 e. The van der Waals surface area contributed by atoms with E-state index in [1.54, 1.807) is 4.68 Å². The van der Waals surface area contributed by atoms with Gasteiger partial charge in [0.05, 0.1) is 12.1 Å². The molecule has 0 spiro atoms. The van der Waals surface area contributed by atoms with Crippen molar-refractivity contribution < 1.29 is 9.59 Å². The van der Waals surface area contributed by atoms with Gasteiger partial charge in [0.15, 0.2) is 0 Å². The number of benzene rings is 1. The van der Waals surface area contributed by atoms with Crippen LogP contribution in [0.5, 0.6) is 0 Å². The van der Waals surface area contributed by atoms with Crippen LogP contribution in [-0.2, 0) is 11.8 Å². The first-order valence-corrected chi connectivity index (χ1v) is 10.5. The molecule has 1 aromatic carbocycles. The van der Waals surface area contributed by atoms with Crippen molar-refractivity contribution in [3.63, 3.8) is 0 Å². The maximum atomic E-state index is 12.9. The molecule has 1 aromatic heterocycles. The maximum Gasteiger partial charge on any atom is 0.253 e. The van der Waals surface area contributed by atoms with Crippen LogP contribution in [0.25, 0.3) is 0 Å². The number of hydrogen-bond donors (Lipinski definition) is 2. The number of carbonyl (C=O) groups is 2. The lowest BCUT2D eigenvalue weighted by Crippen LogP contribution is -2.31. The summed E-state index contributed by atoms with van der Waals surface area (Å²) < 4.78 is 1.77. The van der Waals surface area contributed by atoms with Crippen LogP contribution in [0.3, 0.4) is 0 Å². The average molecular weight is 396 g/mol. The Kier molecular flexibility index (Phi) is 5.94. The zero-order valence-electron chi connectivity index (χ0n) is 16.9. The van der Waals surface area contributed by atoms with E-state index in [1.807, 2.05) is 48.6 Å². The van der Waals surface area contributed by atoms with Crippen LogP contribution in [0.2, 0.25) is 0 Å². The number of nitrogens with zero attached hydrogens (tertiary/aromatic N) is 3. The molecule has 2 aliphatic heterocycles. The molecule has 7 nitrogen and oxygen atoms in total. The maximum absolute atomic E-state index is 12.9. The molecule has 0 saturated carbocycles. The van der Waals surface area contributed by atoms with E-state index in [1.165, 1.54) is 12.8 Å². The number of hydrogen-bond acceptors (Lipinski definition) is 4. The van der Waals surface area contributed by atoms with E-state index in [0.29, 0.717) is 12.1 Å². The molecular weight excluding hydrogens is 366 g/mol. The van der Waals surface area contributed by atoms with Crippen molar-refractivity contribution >= 4 is 17.5 Å². The molecule has 0 bridgehead atoms. The summed E-state index contributed by atoms with van der Waals surface area (Å²) in [7, 11) is 1.88. The number of amides is 2. The Morgan fingerprint density at radius 1 is 1.07 bits per heavy atom. The van der Waals surface area contributed by atoms with Gasteiger partial charge in [0.1, 0.15) is 0 Å². The van der Waals surface area contributed by atoms with Crippen LogP contribution in [0, 0.1) is 5.92 Å². The molecule has 0 radical (unpaired) electrons. The molecule has 2 fully saturated rings. The van der Waals surface area contributed by atoms with E-state index in [4.69, 9.17) is 0 Å². The molecule has 0 aliphatic carbocycles. The Morgan fingerprint density at radius 3 is 2.45 bits per heavy atom. The summed E-state index contributed by atoms with van der Waals surface area (Å²) in [6, 6.07) is 7.28. The van der Waals surface area contributed by atoms with E-state index < -0.39 is 0 Å². The standard InChI is InChI=1S/C22H29N5O2/c1-26-15-17(12-24-26)19-13-23-14-20(19)21(28)25-18-8-6-16(7-9-18)22(29)27-10-4-2-3-5-11-27/h6-9,12,15,19-20,23H,2-5,10-11,13-14H2,1H3,(H,25,28)/t19-,20+/m1/s1. The van der Waals surface area contributed by atoms with E-state index in [2.05, 4.69) is 15.7 Å². The highest BCUT2D eigenvalue weighted by atomic mass is 16.2. The third-order valence-electron chi connectivity index (χ3n) is 6.00. The summed E-state index contributed by atoms with van der Waals surface area (Å²) in [5.41, 5.74) is 2.48. The minimum Gasteiger partial charge on any atom is -0.339 e. The van der Waals surface area contributed by atoms with Crippen molar-refractivity contribution in [1.82, 2.24) is 20.0 Å². The van der Waals surface area contributed by atoms with Crippen molar-refractivity contribution in [2.45, 2.75) is 31.6 Å². The molecule has 2 atom stereocenters. The SMILES string of the molecule is Cn1cc([C@H]2CNC[C@@H]2C(=O)Nc2ccc(C(=O)N3CCCCCC3)cc2)cn1. The van der Waals surface area contributed by atoms with Gasteiger partial charge in [-0.1, -0.05) is 12.8 Å². The number of anilines is 1. The van der Waals surface area contributed by atoms with Crippen LogP contribution in [0.1, 0.15) is 47.5 Å². The fourth-order valence-corrected chi connectivity index (χ4v) is 4.32. The van der Waals surface area contributed by atoms with Crippen LogP contribution in [0.4, 0.5) is 5.69 Å². The van der Waals surface area contributed by atoms with Crippen molar-refractivity contribution in [3.8, 4) is 0 Å². The molecule has 2 aromatic rings. The summed E-state index contributed by atoms with van der Waals surface area (Å²) in [6.07, 6.45) is 8.36. The second kappa shape index (κ2) is 8.78. The Morgan fingerprint density at radius 2 is 1.79 bits per heavy atom. The minimum absolute atomic E-state index is 0.00422. The fourth-order valence-electron chi connectivity index (χ4n) is 4.32. The van der Waals surface area contributed by atoms with E-state index in [9.17, 15) is 9.59 Å². The monoisotopic (exact) mass is 395 g/mol. The van der Waals surface area contributed by atoms with Crippen molar-refractivity contribution in [2.24, 2.45) is 13.0 Å². The number of rotatable bonds is 4. The summed E-state index contributed by atoms with van der Waals surface area (Å²) in [5.74, 6) is 0.0575. The van der Waals surface area contributed by atoms with Gasteiger partial charge in [0.25, 0.3) is 5.91 Å². The van der Waals surface area contributed by atoms with Gasteiger partial charge in [-0.15, -0.1) is 0 Å². The zero-order valence-corrected chi connectivity index (χ0v) is 16.9.